The van der Waals surface area contributed by atoms with Gasteiger partial charge >= 0.3 is 18.8 Å². The summed E-state index contributed by atoms with van der Waals surface area (Å²) < 4.78 is 39.2. The minimum Gasteiger partial charge on any atom is -0.425 e. The number of esters is 1. The number of carbonyl (C=O) groups excluding carboxylic acids is 1. The van der Waals surface area contributed by atoms with Gasteiger partial charge in [-0.2, -0.15) is 4.39 Å². The Morgan fingerprint density at radius 2 is 1.86 bits per heavy atom. The van der Waals surface area contributed by atoms with Crippen LogP contribution in [0.3, 0.4) is 0 Å². The maximum absolute atomic E-state index is 12.2. The van der Waals surface area contributed by atoms with E-state index in [0.29, 0.717) is 6.42 Å². The van der Waals surface area contributed by atoms with Gasteiger partial charge in [0.05, 0.1) is 0 Å². The molecule has 0 aromatic carbocycles. The fraction of sp³-hybridized carbons (Fsp3) is 0.889. The van der Waals surface area contributed by atoms with Crippen molar-refractivity contribution in [3.63, 3.8) is 0 Å². The van der Waals surface area contributed by atoms with Gasteiger partial charge < -0.3 is 4.74 Å². The molecule has 0 amide bonds. The highest BCUT2D eigenvalue weighted by molar-refractivity contribution is 5.69. The molecule has 0 heterocycles. The van der Waals surface area contributed by atoms with Crippen molar-refractivity contribution >= 4 is 5.97 Å². The fourth-order valence-corrected chi connectivity index (χ4v) is 0.932. The topological polar surface area (TPSA) is 26.3 Å². The molecular weight excluding hydrogens is 197 g/mol. The van der Waals surface area contributed by atoms with E-state index in [0.717, 1.165) is 19.3 Å². The molecule has 14 heavy (non-hydrogen) atoms. The number of unbranched alkanes of at least 4 members (excludes halogenated alkanes) is 3. The van der Waals surface area contributed by atoms with Crippen molar-refractivity contribution in [1.29, 1.82) is 0 Å². The first-order valence-corrected chi connectivity index (χ1v) is 4.69. The molecule has 5 heteroatoms. The number of ether oxygens (including phenoxy) is 1. The summed E-state index contributed by atoms with van der Waals surface area (Å²) in [4.78, 5) is 10.7. The molecule has 1 unspecified atom stereocenters. The lowest BCUT2D eigenvalue weighted by molar-refractivity contribution is -0.174. The Bertz CT molecular complexity index is 162. The van der Waals surface area contributed by atoms with Crippen LogP contribution >= 0.6 is 0 Å². The van der Waals surface area contributed by atoms with E-state index < -0.39 is 18.8 Å². The van der Waals surface area contributed by atoms with Crippen LogP contribution < -0.4 is 0 Å². The van der Waals surface area contributed by atoms with Crippen LogP contribution in [0.4, 0.5) is 13.2 Å². The molecule has 0 bridgehead atoms. The van der Waals surface area contributed by atoms with Crippen LogP contribution in [0.2, 0.25) is 0 Å². The summed E-state index contributed by atoms with van der Waals surface area (Å²) in [6.45, 7) is 2.01. The van der Waals surface area contributed by atoms with E-state index >= 15 is 0 Å². The summed E-state index contributed by atoms with van der Waals surface area (Å²) in [5.41, 5.74) is 0. The third kappa shape index (κ3) is 6.74. The van der Waals surface area contributed by atoms with Crippen LogP contribution in [0.15, 0.2) is 0 Å². The summed E-state index contributed by atoms with van der Waals surface area (Å²) in [5, 5.41) is 0. The fourth-order valence-electron chi connectivity index (χ4n) is 0.932. The maximum Gasteiger partial charge on any atom is 0.308 e. The quantitative estimate of drug-likeness (QED) is 0.479. The lowest BCUT2D eigenvalue weighted by Crippen LogP contribution is -2.20. The second-order valence-corrected chi connectivity index (χ2v) is 2.99. The first kappa shape index (κ1) is 13.3. The van der Waals surface area contributed by atoms with Crippen molar-refractivity contribution in [3.8, 4) is 0 Å². The lowest BCUT2D eigenvalue weighted by Gasteiger charge is -2.08. The second-order valence-electron chi connectivity index (χ2n) is 2.99. The molecule has 0 rings (SSSR count). The third-order valence-corrected chi connectivity index (χ3v) is 1.68. The zero-order valence-electron chi connectivity index (χ0n) is 8.14. The SMILES string of the molecule is CCCCCCC(=O)OC(F)C(F)F. The molecule has 0 fully saturated rings. The highest BCUT2D eigenvalue weighted by atomic mass is 19.3. The molecule has 0 aliphatic rings. The average molecular weight is 212 g/mol. The Hall–Kier alpha value is -0.740. The molecule has 0 N–H and O–H groups in total. The predicted octanol–water partition coefficient (Wildman–Crippen LogP) is 3.06. The normalized spacial score (nSPS) is 12.9. The van der Waals surface area contributed by atoms with Gasteiger partial charge in [-0.1, -0.05) is 26.2 Å². The average Bonchev–Trinajstić information content (AvgIpc) is 2.12. The summed E-state index contributed by atoms with van der Waals surface area (Å²) in [6, 6.07) is 0. The zero-order valence-corrected chi connectivity index (χ0v) is 8.14. The minimum absolute atomic E-state index is 0.00708. The highest BCUT2D eigenvalue weighted by Gasteiger charge is 2.22. The van der Waals surface area contributed by atoms with Gasteiger partial charge in [-0.3, -0.25) is 4.79 Å². The Labute approximate surface area is 81.4 Å². The number of halogens is 3. The van der Waals surface area contributed by atoms with E-state index in [1.54, 1.807) is 0 Å². The van der Waals surface area contributed by atoms with Crippen LogP contribution in [-0.4, -0.2) is 18.8 Å². The number of rotatable bonds is 7. The van der Waals surface area contributed by atoms with Gasteiger partial charge in [0.2, 0.25) is 0 Å². The summed E-state index contributed by atoms with van der Waals surface area (Å²) in [6.07, 6.45) is -2.66. The van der Waals surface area contributed by atoms with E-state index in [1.165, 1.54) is 0 Å². The van der Waals surface area contributed by atoms with Crippen LogP contribution in [0.25, 0.3) is 0 Å². The molecule has 0 saturated heterocycles. The molecule has 1 atom stereocenters. The van der Waals surface area contributed by atoms with E-state index in [2.05, 4.69) is 4.74 Å². The first-order valence-electron chi connectivity index (χ1n) is 4.69. The summed E-state index contributed by atoms with van der Waals surface area (Å²) in [5.74, 6) is -0.895. The lowest BCUT2D eigenvalue weighted by atomic mass is 10.2. The van der Waals surface area contributed by atoms with Gasteiger partial charge in [-0.05, 0) is 6.42 Å². The molecule has 84 valence electrons. The van der Waals surface area contributed by atoms with Crippen molar-refractivity contribution in [1.82, 2.24) is 0 Å². The van der Waals surface area contributed by atoms with Gasteiger partial charge in [0.15, 0.2) is 0 Å². The summed E-state index contributed by atoms with van der Waals surface area (Å²) in [7, 11) is 0. The number of alkyl halides is 3. The van der Waals surface area contributed by atoms with Gasteiger partial charge in [0, 0.05) is 6.42 Å². The van der Waals surface area contributed by atoms with Crippen LogP contribution in [0.5, 0.6) is 0 Å². The number of hydrogen-bond donors (Lipinski definition) is 0. The van der Waals surface area contributed by atoms with Gasteiger partial charge in [-0.25, -0.2) is 8.78 Å². The van der Waals surface area contributed by atoms with Crippen LogP contribution in [0, 0.1) is 0 Å². The molecule has 0 aromatic rings. The molecule has 0 radical (unpaired) electrons. The molecule has 0 aliphatic heterocycles. The van der Waals surface area contributed by atoms with Crippen LogP contribution in [-0.2, 0) is 9.53 Å². The molecule has 0 spiro atoms. The van der Waals surface area contributed by atoms with Crippen molar-refractivity contribution in [3.05, 3.63) is 0 Å². The van der Waals surface area contributed by atoms with E-state index in [9.17, 15) is 18.0 Å². The summed E-state index contributed by atoms with van der Waals surface area (Å²) >= 11 is 0. The number of hydrogen-bond acceptors (Lipinski definition) is 2. The largest absolute Gasteiger partial charge is 0.425 e. The van der Waals surface area contributed by atoms with E-state index in [-0.39, 0.29) is 6.42 Å². The Morgan fingerprint density at radius 1 is 1.21 bits per heavy atom. The zero-order chi connectivity index (χ0) is 11.0. The molecule has 0 aromatic heterocycles. The van der Waals surface area contributed by atoms with Crippen LogP contribution in [0.1, 0.15) is 39.0 Å². The van der Waals surface area contributed by atoms with Gasteiger partial charge in [0.25, 0.3) is 0 Å². The molecule has 0 saturated carbocycles. The molecular formula is C9H15F3O2. The predicted molar refractivity (Wildman–Crippen MR) is 45.8 cm³/mol. The maximum atomic E-state index is 12.2. The van der Waals surface area contributed by atoms with Crippen molar-refractivity contribution < 1.29 is 22.7 Å². The van der Waals surface area contributed by atoms with Gasteiger partial charge in [0.1, 0.15) is 0 Å². The highest BCUT2D eigenvalue weighted by Crippen LogP contribution is 2.10. The molecule has 0 aliphatic carbocycles. The van der Waals surface area contributed by atoms with Gasteiger partial charge in [-0.15, -0.1) is 0 Å². The smallest absolute Gasteiger partial charge is 0.308 e. The Kier molecular flexibility index (Phi) is 7.24. The van der Waals surface area contributed by atoms with Crippen molar-refractivity contribution in [2.45, 2.75) is 51.8 Å². The minimum atomic E-state index is -3.26. The second kappa shape index (κ2) is 7.64. The third-order valence-electron chi connectivity index (χ3n) is 1.68. The van der Waals surface area contributed by atoms with E-state index in [4.69, 9.17) is 0 Å². The number of carbonyl (C=O) groups is 1. The van der Waals surface area contributed by atoms with Crippen molar-refractivity contribution in [2.24, 2.45) is 0 Å². The van der Waals surface area contributed by atoms with E-state index in [1.807, 2.05) is 6.92 Å². The monoisotopic (exact) mass is 212 g/mol. The first-order chi connectivity index (χ1) is 6.57. The van der Waals surface area contributed by atoms with Crippen molar-refractivity contribution in [2.75, 3.05) is 0 Å². The Balaban J connectivity index is 3.45. The molecule has 2 nitrogen and oxygen atoms in total. The standard InChI is InChI=1S/C9H15F3O2/c1-2-3-4-5-6-7(13)14-9(12)8(10)11/h8-9H,2-6H2,1H3. The Morgan fingerprint density at radius 3 is 2.36 bits per heavy atom.